The first-order valence-corrected chi connectivity index (χ1v) is 9.83. The van der Waals surface area contributed by atoms with Gasteiger partial charge in [-0.25, -0.2) is 4.68 Å². The normalized spacial score (nSPS) is 15.5. The van der Waals surface area contributed by atoms with Gasteiger partial charge >= 0.3 is 0 Å². The number of aromatic nitrogens is 5. The van der Waals surface area contributed by atoms with Crippen LogP contribution in [0, 0.1) is 6.92 Å². The largest absolute Gasteiger partial charge is 0.497 e. The van der Waals surface area contributed by atoms with Gasteiger partial charge < -0.3 is 18.7 Å². The highest BCUT2D eigenvalue weighted by atomic mass is 16.5. The molecule has 1 aliphatic rings. The lowest BCUT2D eigenvalue weighted by atomic mass is 10.1. The first-order chi connectivity index (χ1) is 15.2. The summed E-state index contributed by atoms with van der Waals surface area (Å²) in [5.41, 5.74) is 4.26. The summed E-state index contributed by atoms with van der Waals surface area (Å²) in [6, 6.07) is 13.5. The number of hydrogen-bond acceptors (Lipinski definition) is 8. The Morgan fingerprint density at radius 3 is 2.55 bits per heavy atom. The van der Waals surface area contributed by atoms with Crippen LogP contribution in [0.4, 0.5) is 0 Å². The maximum absolute atomic E-state index is 6.08. The Bertz CT molecular complexity index is 1220. The molecule has 9 nitrogen and oxygen atoms in total. The van der Waals surface area contributed by atoms with Crippen LogP contribution in [0.3, 0.4) is 0 Å². The Kier molecular flexibility index (Phi) is 4.87. The van der Waals surface area contributed by atoms with Gasteiger partial charge in [0.2, 0.25) is 5.82 Å². The summed E-state index contributed by atoms with van der Waals surface area (Å²) in [5.74, 6) is 2.39. The number of aryl methyl sites for hydroxylation is 1. The van der Waals surface area contributed by atoms with E-state index >= 15 is 0 Å². The maximum Gasteiger partial charge on any atom is 0.258 e. The Morgan fingerprint density at radius 2 is 1.81 bits per heavy atom. The smallest absolute Gasteiger partial charge is 0.258 e. The summed E-state index contributed by atoms with van der Waals surface area (Å²) in [6.07, 6.45) is -0.115. The topological polar surface area (TPSA) is 97.3 Å². The molecule has 0 radical (unpaired) electrons. The van der Waals surface area contributed by atoms with Gasteiger partial charge in [0.25, 0.3) is 5.89 Å². The number of methoxy groups -OCH3 is 2. The second-order valence-electron chi connectivity index (χ2n) is 7.24. The van der Waals surface area contributed by atoms with Crippen molar-refractivity contribution in [3.63, 3.8) is 0 Å². The van der Waals surface area contributed by atoms with Crippen molar-refractivity contribution in [2.45, 2.75) is 26.2 Å². The molecular formula is C22H21N5O4. The number of hydrogen-bond donors (Lipinski definition) is 0. The average molecular weight is 419 g/mol. The van der Waals surface area contributed by atoms with Crippen molar-refractivity contribution in [1.82, 2.24) is 25.1 Å². The maximum atomic E-state index is 6.08. The van der Waals surface area contributed by atoms with Crippen molar-refractivity contribution >= 4 is 0 Å². The predicted molar refractivity (Wildman–Crippen MR) is 111 cm³/mol. The Labute approximate surface area is 178 Å². The van der Waals surface area contributed by atoms with Gasteiger partial charge in [-0.1, -0.05) is 22.5 Å². The summed E-state index contributed by atoms with van der Waals surface area (Å²) in [6.45, 7) is 2.87. The van der Waals surface area contributed by atoms with Crippen molar-refractivity contribution in [3.05, 3.63) is 59.3 Å². The lowest BCUT2D eigenvalue weighted by molar-refractivity contribution is -0.00114. The molecule has 4 aromatic rings. The molecular weight excluding hydrogens is 398 g/mol. The molecule has 0 bridgehead atoms. The van der Waals surface area contributed by atoms with E-state index in [4.69, 9.17) is 18.7 Å². The molecule has 0 fully saturated rings. The molecule has 0 amide bonds. The van der Waals surface area contributed by atoms with E-state index in [0.29, 0.717) is 30.6 Å². The van der Waals surface area contributed by atoms with E-state index in [9.17, 15) is 0 Å². The molecule has 9 heteroatoms. The predicted octanol–water partition coefficient (Wildman–Crippen LogP) is 3.59. The molecule has 2 aromatic carbocycles. The lowest BCUT2D eigenvalue weighted by Crippen LogP contribution is -2.22. The molecule has 1 atom stereocenters. The molecule has 31 heavy (non-hydrogen) atoms. The van der Waals surface area contributed by atoms with Crippen LogP contribution in [0.15, 0.2) is 47.0 Å². The van der Waals surface area contributed by atoms with Crippen molar-refractivity contribution in [3.8, 4) is 34.5 Å². The minimum absolute atomic E-state index is 0.115. The summed E-state index contributed by atoms with van der Waals surface area (Å²) < 4.78 is 23.9. The highest BCUT2D eigenvalue weighted by Crippen LogP contribution is 2.32. The SMILES string of the molecule is COc1ccc([C@@H]2Cn3nnc(-c4noc(-c5ccc(OC)cc5C)n4)c3CO2)cc1. The highest BCUT2D eigenvalue weighted by molar-refractivity contribution is 5.62. The molecule has 158 valence electrons. The Balaban J connectivity index is 1.39. The van der Waals surface area contributed by atoms with Gasteiger partial charge in [0.1, 0.15) is 17.6 Å². The summed E-state index contributed by atoms with van der Waals surface area (Å²) in [7, 11) is 3.28. The molecule has 0 saturated heterocycles. The third kappa shape index (κ3) is 3.53. The number of ether oxygens (including phenoxy) is 3. The second-order valence-corrected chi connectivity index (χ2v) is 7.24. The number of benzene rings is 2. The Morgan fingerprint density at radius 1 is 1.03 bits per heavy atom. The molecule has 0 saturated carbocycles. The van der Waals surface area contributed by atoms with Crippen molar-refractivity contribution in [1.29, 1.82) is 0 Å². The molecule has 2 aromatic heterocycles. The van der Waals surface area contributed by atoms with E-state index < -0.39 is 0 Å². The first kappa shape index (κ1) is 19.3. The van der Waals surface area contributed by atoms with E-state index in [1.165, 1.54) is 0 Å². The average Bonchev–Trinajstić information content (AvgIpc) is 3.45. The van der Waals surface area contributed by atoms with Gasteiger partial charge in [-0.3, -0.25) is 0 Å². The molecule has 1 aliphatic heterocycles. The molecule has 0 N–H and O–H groups in total. The molecule has 0 unspecified atom stereocenters. The molecule has 0 spiro atoms. The zero-order chi connectivity index (χ0) is 21.4. The zero-order valence-electron chi connectivity index (χ0n) is 17.4. The lowest BCUT2D eigenvalue weighted by Gasteiger charge is -2.24. The van der Waals surface area contributed by atoms with Crippen LogP contribution in [0.25, 0.3) is 23.0 Å². The van der Waals surface area contributed by atoms with Gasteiger partial charge in [0.05, 0.1) is 33.1 Å². The van der Waals surface area contributed by atoms with Gasteiger partial charge in [0, 0.05) is 5.56 Å². The van der Waals surface area contributed by atoms with Crippen molar-refractivity contribution in [2.75, 3.05) is 14.2 Å². The van der Waals surface area contributed by atoms with E-state index in [1.807, 2.05) is 54.1 Å². The third-order valence-corrected chi connectivity index (χ3v) is 5.39. The summed E-state index contributed by atoms with van der Waals surface area (Å²) in [5, 5.41) is 12.7. The monoisotopic (exact) mass is 419 g/mol. The summed E-state index contributed by atoms with van der Waals surface area (Å²) in [4.78, 5) is 4.54. The molecule has 0 aliphatic carbocycles. The second kappa shape index (κ2) is 7.84. The van der Waals surface area contributed by atoms with E-state index in [-0.39, 0.29) is 6.10 Å². The minimum atomic E-state index is -0.115. The van der Waals surface area contributed by atoms with Crippen LogP contribution in [-0.4, -0.2) is 39.4 Å². The van der Waals surface area contributed by atoms with E-state index in [1.54, 1.807) is 14.2 Å². The minimum Gasteiger partial charge on any atom is -0.497 e. The van der Waals surface area contributed by atoms with Crippen LogP contribution in [0.5, 0.6) is 11.5 Å². The quantitative estimate of drug-likeness (QED) is 0.484. The van der Waals surface area contributed by atoms with Crippen molar-refractivity contribution in [2.24, 2.45) is 0 Å². The number of nitrogens with zero attached hydrogens (tertiary/aromatic N) is 5. The van der Waals surface area contributed by atoms with E-state index in [2.05, 4.69) is 20.5 Å². The van der Waals surface area contributed by atoms with Gasteiger partial charge in [-0.15, -0.1) is 5.10 Å². The van der Waals surface area contributed by atoms with Crippen LogP contribution in [-0.2, 0) is 17.9 Å². The van der Waals surface area contributed by atoms with Gasteiger partial charge in [-0.05, 0) is 48.4 Å². The van der Waals surface area contributed by atoms with Gasteiger partial charge in [0.15, 0.2) is 5.69 Å². The fourth-order valence-corrected chi connectivity index (χ4v) is 3.64. The Hall–Kier alpha value is -3.72. The van der Waals surface area contributed by atoms with E-state index in [0.717, 1.165) is 33.9 Å². The first-order valence-electron chi connectivity index (χ1n) is 9.83. The number of rotatable bonds is 5. The summed E-state index contributed by atoms with van der Waals surface area (Å²) >= 11 is 0. The molecule has 5 rings (SSSR count). The van der Waals surface area contributed by atoms with Crippen LogP contribution >= 0.6 is 0 Å². The number of fused-ring (bicyclic) bond motifs is 1. The van der Waals surface area contributed by atoms with Crippen LogP contribution in [0.2, 0.25) is 0 Å². The molecule has 3 heterocycles. The van der Waals surface area contributed by atoms with Crippen LogP contribution in [0.1, 0.15) is 22.9 Å². The fourth-order valence-electron chi connectivity index (χ4n) is 3.64. The van der Waals surface area contributed by atoms with Crippen LogP contribution < -0.4 is 9.47 Å². The van der Waals surface area contributed by atoms with Crippen molar-refractivity contribution < 1.29 is 18.7 Å². The van der Waals surface area contributed by atoms with Gasteiger partial charge in [-0.2, -0.15) is 4.98 Å². The zero-order valence-corrected chi connectivity index (χ0v) is 17.4. The standard InChI is InChI=1S/C22H21N5O4/c1-13-10-16(29-3)8-9-17(13)22-23-21(25-31-22)20-18-12-30-19(11-27(18)26-24-20)14-4-6-15(28-2)7-5-14/h4-10,19H,11-12H2,1-3H3/t19-/m0/s1. The fraction of sp³-hybridized carbons (Fsp3) is 0.273. The highest BCUT2D eigenvalue weighted by Gasteiger charge is 2.28. The third-order valence-electron chi connectivity index (χ3n) is 5.39.